The van der Waals surface area contributed by atoms with Gasteiger partial charge < -0.3 is 5.11 Å². The Balaban J connectivity index is 2.69. The number of aromatic carboxylic acids is 1. The molecule has 0 fully saturated rings. The second-order valence-corrected chi connectivity index (χ2v) is 6.07. The highest BCUT2D eigenvalue weighted by Crippen LogP contribution is 2.26. The first-order valence-electron chi connectivity index (χ1n) is 4.21. The van der Waals surface area contributed by atoms with Gasteiger partial charge in [-0.15, -0.1) is 11.3 Å². The van der Waals surface area contributed by atoms with Crippen molar-refractivity contribution in [2.24, 2.45) is 0 Å². The zero-order valence-corrected chi connectivity index (χ0v) is 11.5. The monoisotopic (exact) mass is 330 g/mol. The molecule has 1 aromatic heterocycles. The van der Waals surface area contributed by atoms with Gasteiger partial charge in [0.05, 0.1) is 5.56 Å². The largest absolute Gasteiger partial charge is 0.478 e. The molecule has 6 nitrogen and oxygen atoms in total. The Bertz CT molecular complexity index is 497. The third-order valence-electron chi connectivity index (χ3n) is 1.61. The maximum Gasteiger partial charge on any atom is 0.338 e. The van der Waals surface area contributed by atoms with Crippen molar-refractivity contribution in [3.05, 3.63) is 17.0 Å². The lowest BCUT2D eigenvalue weighted by atomic mass is 10.3. The van der Waals surface area contributed by atoms with Crippen LogP contribution in [0.4, 0.5) is 9.80 Å². The quantitative estimate of drug-likeness (QED) is 0.725. The van der Waals surface area contributed by atoms with Crippen LogP contribution in [0.3, 0.4) is 0 Å². The molecule has 0 aliphatic rings. The molecular formula is C8H5Cl3N2O4S. The minimum absolute atomic E-state index is 0.0668. The van der Waals surface area contributed by atoms with E-state index in [9.17, 15) is 14.4 Å². The molecule has 0 aliphatic carbocycles. The number of thiophene rings is 1. The Morgan fingerprint density at radius 2 is 1.89 bits per heavy atom. The number of carbonyl (C=O) groups excluding carboxylic acids is 2. The van der Waals surface area contributed by atoms with E-state index in [4.69, 9.17) is 39.9 Å². The average Bonchev–Trinajstić information content (AvgIpc) is 2.63. The van der Waals surface area contributed by atoms with Gasteiger partial charge >= 0.3 is 12.0 Å². The first-order chi connectivity index (χ1) is 8.21. The van der Waals surface area contributed by atoms with E-state index in [1.807, 2.05) is 0 Å². The van der Waals surface area contributed by atoms with Crippen molar-refractivity contribution in [3.8, 4) is 0 Å². The molecular weight excluding hydrogens is 327 g/mol. The third-order valence-corrected chi connectivity index (χ3v) is 2.95. The predicted molar refractivity (Wildman–Crippen MR) is 68.7 cm³/mol. The maximum atomic E-state index is 11.3. The molecule has 3 N–H and O–H groups in total. The molecule has 18 heavy (non-hydrogen) atoms. The summed E-state index contributed by atoms with van der Waals surface area (Å²) in [7, 11) is 0. The molecule has 10 heteroatoms. The molecule has 0 radical (unpaired) electrons. The summed E-state index contributed by atoms with van der Waals surface area (Å²) < 4.78 is -2.28. The molecule has 0 atom stereocenters. The van der Waals surface area contributed by atoms with Gasteiger partial charge in [-0.05, 0) is 11.4 Å². The average molecular weight is 332 g/mol. The maximum absolute atomic E-state index is 11.3. The molecule has 1 rings (SSSR count). The van der Waals surface area contributed by atoms with E-state index >= 15 is 0 Å². The highest BCUT2D eigenvalue weighted by Gasteiger charge is 2.32. The number of carboxylic acids is 1. The lowest BCUT2D eigenvalue weighted by Crippen LogP contribution is -2.41. The van der Waals surface area contributed by atoms with Crippen LogP contribution in [0.15, 0.2) is 11.4 Å². The highest BCUT2D eigenvalue weighted by molar-refractivity contribution is 7.14. The van der Waals surface area contributed by atoms with Crippen molar-refractivity contribution in [2.75, 3.05) is 5.32 Å². The van der Waals surface area contributed by atoms with E-state index < -0.39 is 21.7 Å². The SMILES string of the molecule is O=C(NC(=O)C(Cl)(Cl)Cl)Nc1sccc1C(=O)O. The molecule has 0 unspecified atom stereocenters. The number of urea groups is 1. The summed E-state index contributed by atoms with van der Waals surface area (Å²) in [6.07, 6.45) is 0. The number of carboxylic acid groups (broad SMARTS) is 1. The van der Waals surface area contributed by atoms with Crippen LogP contribution in [-0.4, -0.2) is 26.8 Å². The van der Waals surface area contributed by atoms with Crippen molar-refractivity contribution in [3.63, 3.8) is 0 Å². The molecule has 0 aromatic carbocycles. The number of imide groups is 1. The van der Waals surface area contributed by atoms with Crippen LogP contribution < -0.4 is 10.6 Å². The van der Waals surface area contributed by atoms with Crippen molar-refractivity contribution < 1.29 is 19.5 Å². The first kappa shape index (κ1) is 15.0. The van der Waals surface area contributed by atoms with Crippen LogP contribution in [0.1, 0.15) is 10.4 Å². The van der Waals surface area contributed by atoms with Gasteiger partial charge in [0, 0.05) is 0 Å². The molecule has 0 spiro atoms. The summed E-state index contributed by atoms with van der Waals surface area (Å²) in [5.41, 5.74) is -0.100. The van der Waals surface area contributed by atoms with Gasteiger partial charge in [0.25, 0.3) is 9.70 Å². The second kappa shape index (κ2) is 5.75. The zero-order valence-electron chi connectivity index (χ0n) is 8.37. The van der Waals surface area contributed by atoms with E-state index in [1.54, 1.807) is 5.32 Å². The standard InChI is InChI=1S/C8H5Cl3N2O4S/c9-8(10,11)6(16)13-7(17)12-4-3(5(14)15)1-2-18-4/h1-2H,(H,14,15)(H2,12,13,16,17). The number of halogens is 3. The van der Waals surface area contributed by atoms with Gasteiger partial charge in [-0.2, -0.15) is 0 Å². The lowest BCUT2D eigenvalue weighted by molar-refractivity contribution is -0.119. The molecule has 3 amide bonds. The smallest absolute Gasteiger partial charge is 0.338 e. The van der Waals surface area contributed by atoms with Gasteiger partial charge in [-0.25, -0.2) is 9.59 Å². The number of amides is 3. The lowest BCUT2D eigenvalue weighted by Gasteiger charge is -2.10. The Kier molecular flexibility index (Phi) is 4.80. The Morgan fingerprint density at radius 1 is 1.28 bits per heavy atom. The normalized spacial score (nSPS) is 10.8. The third kappa shape index (κ3) is 4.02. The van der Waals surface area contributed by atoms with Crippen LogP contribution in [0, 0.1) is 0 Å². The summed E-state index contributed by atoms with van der Waals surface area (Å²) in [4.78, 5) is 33.2. The summed E-state index contributed by atoms with van der Waals surface area (Å²) in [5, 5.41) is 14.2. The summed E-state index contributed by atoms with van der Waals surface area (Å²) >= 11 is 16.7. The minimum atomic E-state index is -2.28. The van der Waals surface area contributed by atoms with E-state index in [0.717, 1.165) is 11.3 Å². The zero-order chi connectivity index (χ0) is 13.9. The summed E-state index contributed by atoms with van der Waals surface area (Å²) in [6, 6.07) is 0.315. The molecule has 0 bridgehead atoms. The van der Waals surface area contributed by atoms with Crippen molar-refractivity contribution in [1.82, 2.24) is 5.32 Å². The predicted octanol–water partition coefficient (Wildman–Crippen LogP) is 2.46. The van der Waals surface area contributed by atoms with E-state index in [-0.39, 0.29) is 10.6 Å². The first-order valence-corrected chi connectivity index (χ1v) is 6.23. The number of rotatable bonds is 2. The Hall–Kier alpha value is -1.02. The molecule has 1 heterocycles. The second-order valence-electron chi connectivity index (χ2n) is 2.87. The minimum Gasteiger partial charge on any atom is -0.478 e. The molecule has 98 valence electrons. The van der Waals surface area contributed by atoms with Crippen LogP contribution >= 0.6 is 46.1 Å². The van der Waals surface area contributed by atoms with Crippen LogP contribution in [0.5, 0.6) is 0 Å². The number of alkyl halides is 3. The fourth-order valence-corrected chi connectivity index (χ4v) is 1.80. The number of hydrogen-bond acceptors (Lipinski definition) is 4. The number of hydrogen-bond donors (Lipinski definition) is 3. The van der Waals surface area contributed by atoms with E-state index in [1.165, 1.54) is 11.4 Å². The summed E-state index contributed by atoms with van der Waals surface area (Å²) in [6.45, 7) is 0. The fraction of sp³-hybridized carbons (Fsp3) is 0.125. The summed E-state index contributed by atoms with van der Waals surface area (Å²) in [5.74, 6) is -2.35. The highest BCUT2D eigenvalue weighted by atomic mass is 35.6. The number of anilines is 1. The van der Waals surface area contributed by atoms with Gasteiger partial charge in [-0.1, -0.05) is 34.8 Å². The van der Waals surface area contributed by atoms with Gasteiger partial charge in [0.1, 0.15) is 5.00 Å². The van der Waals surface area contributed by atoms with Crippen LogP contribution in [0.25, 0.3) is 0 Å². The van der Waals surface area contributed by atoms with Crippen molar-refractivity contribution in [2.45, 2.75) is 3.79 Å². The van der Waals surface area contributed by atoms with Crippen molar-refractivity contribution in [1.29, 1.82) is 0 Å². The number of carbonyl (C=O) groups is 3. The molecule has 0 aliphatic heterocycles. The topological polar surface area (TPSA) is 95.5 Å². The van der Waals surface area contributed by atoms with Gasteiger partial charge in [-0.3, -0.25) is 15.4 Å². The van der Waals surface area contributed by atoms with Gasteiger partial charge in [0.2, 0.25) is 0 Å². The molecule has 0 saturated heterocycles. The molecule has 1 aromatic rings. The number of nitrogens with one attached hydrogen (secondary N) is 2. The van der Waals surface area contributed by atoms with Crippen molar-refractivity contribution >= 4 is 69.0 Å². The Morgan fingerprint density at radius 3 is 2.39 bits per heavy atom. The van der Waals surface area contributed by atoms with E-state index in [2.05, 4.69) is 5.32 Å². The van der Waals surface area contributed by atoms with E-state index in [0.29, 0.717) is 0 Å². The van der Waals surface area contributed by atoms with Crippen LogP contribution in [-0.2, 0) is 4.79 Å². The fourth-order valence-electron chi connectivity index (χ4n) is 0.883. The van der Waals surface area contributed by atoms with Gasteiger partial charge in [0.15, 0.2) is 0 Å². The van der Waals surface area contributed by atoms with Crippen LogP contribution in [0.2, 0.25) is 0 Å². The molecule has 0 saturated carbocycles. The Labute approximate surface area is 120 Å².